The van der Waals surface area contributed by atoms with Crippen LogP contribution in [0.3, 0.4) is 0 Å². The molecule has 2 aromatic rings. The van der Waals surface area contributed by atoms with E-state index in [4.69, 9.17) is 4.42 Å². The summed E-state index contributed by atoms with van der Waals surface area (Å²) in [5.74, 6) is 1.34. The molecule has 1 aromatic heterocycles. The molecule has 0 aliphatic carbocycles. The Labute approximate surface area is 100 Å². The fourth-order valence-corrected chi connectivity index (χ4v) is 1.75. The van der Waals surface area contributed by atoms with E-state index in [0.29, 0.717) is 12.3 Å². The van der Waals surface area contributed by atoms with Crippen LogP contribution < -0.4 is 5.32 Å². The first-order chi connectivity index (χ1) is 8.19. The summed E-state index contributed by atoms with van der Waals surface area (Å²) in [5, 5.41) is 3.18. The highest BCUT2D eigenvalue weighted by Crippen LogP contribution is 2.24. The molecule has 1 N–H and O–H groups in total. The molecule has 0 aliphatic rings. The number of hydrogen-bond acceptors (Lipinski definition) is 2. The summed E-state index contributed by atoms with van der Waals surface area (Å²) >= 11 is 0. The van der Waals surface area contributed by atoms with Crippen molar-refractivity contribution in [3.8, 4) is 11.3 Å². The van der Waals surface area contributed by atoms with Gasteiger partial charge in [0.2, 0.25) is 0 Å². The summed E-state index contributed by atoms with van der Waals surface area (Å²) in [7, 11) is 0. The van der Waals surface area contributed by atoms with Crippen molar-refractivity contribution in [1.29, 1.82) is 0 Å². The molecule has 0 atom stereocenters. The first-order valence-corrected chi connectivity index (χ1v) is 5.76. The van der Waals surface area contributed by atoms with Crippen molar-refractivity contribution in [2.24, 2.45) is 0 Å². The maximum Gasteiger partial charge on any atom is 0.134 e. The van der Waals surface area contributed by atoms with E-state index in [-0.39, 0.29) is 5.82 Å². The summed E-state index contributed by atoms with van der Waals surface area (Å²) < 4.78 is 18.9. The molecule has 3 heteroatoms. The Bertz CT molecular complexity index is 484. The molecule has 17 heavy (non-hydrogen) atoms. The van der Waals surface area contributed by atoms with Crippen LogP contribution in [0.15, 0.2) is 34.7 Å². The van der Waals surface area contributed by atoms with Gasteiger partial charge in [0.1, 0.15) is 17.3 Å². The van der Waals surface area contributed by atoms with Crippen LogP contribution in [-0.2, 0) is 6.54 Å². The van der Waals surface area contributed by atoms with Crippen molar-refractivity contribution in [1.82, 2.24) is 5.32 Å². The number of nitrogens with one attached hydrogen (secondary N) is 1. The molecular formula is C14H16FNO. The predicted molar refractivity (Wildman–Crippen MR) is 66.2 cm³/mol. The lowest BCUT2D eigenvalue weighted by Crippen LogP contribution is -2.10. The monoisotopic (exact) mass is 233 g/mol. The minimum Gasteiger partial charge on any atom is -0.460 e. The van der Waals surface area contributed by atoms with Crippen LogP contribution in [0.4, 0.5) is 4.39 Å². The zero-order valence-electron chi connectivity index (χ0n) is 10.1. The quantitative estimate of drug-likeness (QED) is 0.874. The molecule has 0 unspecified atom stereocenters. The van der Waals surface area contributed by atoms with E-state index in [9.17, 15) is 4.39 Å². The zero-order chi connectivity index (χ0) is 12.3. The van der Waals surface area contributed by atoms with Gasteiger partial charge in [-0.25, -0.2) is 4.39 Å². The number of halogens is 1. The summed E-state index contributed by atoms with van der Waals surface area (Å²) in [6, 6.07) is 8.70. The van der Waals surface area contributed by atoms with Crippen molar-refractivity contribution in [3.05, 3.63) is 47.5 Å². The third-order valence-electron chi connectivity index (χ3n) is 2.54. The van der Waals surface area contributed by atoms with Gasteiger partial charge in [-0.15, -0.1) is 0 Å². The van der Waals surface area contributed by atoms with Crippen LogP contribution in [0.1, 0.15) is 18.2 Å². The van der Waals surface area contributed by atoms with Crippen molar-refractivity contribution >= 4 is 0 Å². The predicted octanol–water partition coefficient (Wildman–Crippen LogP) is 3.50. The number of benzene rings is 1. The van der Waals surface area contributed by atoms with Gasteiger partial charge in [-0.3, -0.25) is 0 Å². The normalized spacial score (nSPS) is 10.8. The fourth-order valence-electron chi connectivity index (χ4n) is 1.75. The number of rotatable bonds is 4. The van der Waals surface area contributed by atoms with E-state index >= 15 is 0 Å². The SMILES string of the molecule is CCNCc1ccc(-c2cc(C)cc(F)c2)o1. The largest absolute Gasteiger partial charge is 0.460 e. The van der Waals surface area contributed by atoms with Crippen LogP contribution in [-0.4, -0.2) is 6.54 Å². The van der Waals surface area contributed by atoms with E-state index in [2.05, 4.69) is 5.32 Å². The Balaban J connectivity index is 2.24. The minimum absolute atomic E-state index is 0.232. The molecule has 0 bridgehead atoms. The van der Waals surface area contributed by atoms with Crippen LogP contribution >= 0.6 is 0 Å². The molecule has 90 valence electrons. The second kappa shape index (κ2) is 5.15. The highest BCUT2D eigenvalue weighted by atomic mass is 19.1. The van der Waals surface area contributed by atoms with Crippen molar-refractivity contribution in [2.75, 3.05) is 6.54 Å². The third kappa shape index (κ3) is 2.94. The minimum atomic E-state index is -0.232. The number of furan rings is 1. The van der Waals surface area contributed by atoms with Crippen LogP contribution in [0.25, 0.3) is 11.3 Å². The van der Waals surface area contributed by atoms with E-state index in [1.54, 1.807) is 0 Å². The molecule has 0 saturated carbocycles. The second-order valence-electron chi connectivity index (χ2n) is 4.06. The van der Waals surface area contributed by atoms with Gasteiger partial charge in [-0.1, -0.05) is 6.92 Å². The maximum absolute atomic E-state index is 13.3. The third-order valence-corrected chi connectivity index (χ3v) is 2.54. The van der Waals surface area contributed by atoms with Crippen molar-refractivity contribution in [3.63, 3.8) is 0 Å². The van der Waals surface area contributed by atoms with Crippen molar-refractivity contribution in [2.45, 2.75) is 20.4 Å². The zero-order valence-corrected chi connectivity index (χ0v) is 10.1. The highest BCUT2D eigenvalue weighted by molar-refractivity contribution is 5.58. The van der Waals surface area contributed by atoms with Gasteiger partial charge >= 0.3 is 0 Å². The van der Waals surface area contributed by atoms with Gasteiger partial charge in [-0.05, 0) is 49.4 Å². The van der Waals surface area contributed by atoms with E-state index in [1.165, 1.54) is 12.1 Å². The van der Waals surface area contributed by atoms with E-state index < -0.39 is 0 Å². The summed E-state index contributed by atoms with van der Waals surface area (Å²) in [4.78, 5) is 0. The standard InChI is InChI=1S/C14H16FNO/c1-3-16-9-13-4-5-14(17-13)11-6-10(2)7-12(15)8-11/h4-8,16H,3,9H2,1-2H3. The van der Waals surface area contributed by atoms with Gasteiger partial charge < -0.3 is 9.73 Å². The Kier molecular flexibility index (Phi) is 3.59. The highest BCUT2D eigenvalue weighted by Gasteiger charge is 2.06. The summed E-state index contributed by atoms with van der Waals surface area (Å²) in [6.07, 6.45) is 0. The van der Waals surface area contributed by atoms with Crippen molar-refractivity contribution < 1.29 is 8.81 Å². The van der Waals surface area contributed by atoms with Crippen LogP contribution in [0.5, 0.6) is 0 Å². The average molecular weight is 233 g/mol. The average Bonchev–Trinajstić information content (AvgIpc) is 2.73. The Hall–Kier alpha value is -1.61. The summed E-state index contributed by atoms with van der Waals surface area (Å²) in [6.45, 7) is 5.51. The first kappa shape index (κ1) is 11.9. The Morgan fingerprint density at radius 2 is 2.06 bits per heavy atom. The molecule has 2 rings (SSSR count). The fraction of sp³-hybridized carbons (Fsp3) is 0.286. The topological polar surface area (TPSA) is 25.2 Å². The Morgan fingerprint density at radius 3 is 2.76 bits per heavy atom. The number of aryl methyl sites for hydroxylation is 1. The molecule has 2 nitrogen and oxygen atoms in total. The lowest BCUT2D eigenvalue weighted by atomic mass is 10.1. The molecule has 1 heterocycles. The molecular weight excluding hydrogens is 217 g/mol. The van der Waals surface area contributed by atoms with Crippen LogP contribution in [0.2, 0.25) is 0 Å². The molecule has 0 radical (unpaired) electrons. The first-order valence-electron chi connectivity index (χ1n) is 5.76. The molecule has 1 aromatic carbocycles. The Morgan fingerprint density at radius 1 is 1.24 bits per heavy atom. The van der Waals surface area contributed by atoms with Gasteiger partial charge in [-0.2, -0.15) is 0 Å². The van der Waals surface area contributed by atoms with E-state index in [1.807, 2.05) is 32.0 Å². The lowest BCUT2D eigenvalue weighted by Gasteiger charge is -2.01. The van der Waals surface area contributed by atoms with E-state index in [0.717, 1.165) is 23.4 Å². The molecule has 0 saturated heterocycles. The smallest absolute Gasteiger partial charge is 0.134 e. The molecule has 0 amide bonds. The number of hydrogen-bond donors (Lipinski definition) is 1. The maximum atomic E-state index is 13.3. The van der Waals surface area contributed by atoms with Gasteiger partial charge in [0.25, 0.3) is 0 Å². The second-order valence-corrected chi connectivity index (χ2v) is 4.06. The van der Waals surface area contributed by atoms with Gasteiger partial charge in [0.05, 0.1) is 6.54 Å². The van der Waals surface area contributed by atoms with Gasteiger partial charge in [0, 0.05) is 5.56 Å². The summed E-state index contributed by atoms with van der Waals surface area (Å²) in [5.41, 5.74) is 1.68. The molecule has 0 spiro atoms. The van der Waals surface area contributed by atoms with Crippen LogP contribution in [0, 0.1) is 12.7 Å². The molecule has 0 aliphatic heterocycles. The molecule has 0 fully saturated rings. The van der Waals surface area contributed by atoms with Gasteiger partial charge in [0.15, 0.2) is 0 Å². The lowest BCUT2D eigenvalue weighted by molar-refractivity contribution is 0.498.